The van der Waals surface area contributed by atoms with Crippen molar-refractivity contribution in [1.29, 1.82) is 0 Å². The summed E-state index contributed by atoms with van der Waals surface area (Å²) in [6, 6.07) is 0. The molecule has 2 aliphatic carbocycles. The van der Waals surface area contributed by atoms with E-state index in [0.29, 0.717) is 12.0 Å². The van der Waals surface area contributed by atoms with Crippen LogP contribution < -0.4 is 0 Å². The summed E-state index contributed by atoms with van der Waals surface area (Å²) < 4.78 is 11.3. The Bertz CT molecular complexity index is 502. The molecule has 0 bridgehead atoms. The molecule has 0 aromatic carbocycles. The maximum absolute atomic E-state index is 11.7. The van der Waals surface area contributed by atoms with E-state index in [2.05, 4.69) is 20.4 Å². The van der Waals surface area contributed by atoms with E-state index in [4.69, 9.17) is 14.6 Å². The van der Waals surface area contributed by atoms with Gasteiger partial charge in [0.2, 0.25) is 0 Å². The van der Waals surface area contributed by atoms with E-state index < -0.39 is 5.97 Å². The quantitative estimate of drug-likeness (QED) is 0.274. The van der Waals surface area contributed by atoms with E-state index in [1.807, 2.05) is 0 Å². The number of aliphatic hydroxyl groups is 2. The summed E-state index contributed by atoms with van der Waals surface area (Å²) >= 11 is 0. The van der Waals surface area contributed by atoms with Crippen LogP contribution in [0.25, 0.3) is 0 Å². The Labute approximate surface area is 183 Å². The molecule has 5 nitrogen and oxygen atoms in total. The number of rotatable bonds is 12. The molecule has 2 N–H and O–H groups in total. The highest BCUT2D eigenvalue weighted by Crippen LogP contribution is 2.42. The highest BCUT2D eigenvalue weighted by molar-refractivity contribution is 5.87. The molecule has 2 aliphatic rings. The van der Waals surface area contributed by atoms with Gasteiger partial charge in [-0.05, 0) is 87.9 Å². The van der Waals surface area contributed by atoms with E-state index in [0.717, 1.165) is 37.2 Å². The summed E-state index contributed by atoms with van der Waals surface area (Å²) in [7, 11) is 0. The zero-order chi connectivity index (χ0) is 21.9. The van der Waals surface area contributed by atoms with E-state index in [-0.39, 0.29) is 31.3 Å². The van der Waals surface area contributed by atoms with Crippen LogP contribution in [0.5, 0.6) is 0 Å². The molecular formula is C25H44O5. The molecule has 0 radical (unpaired) electrons. The zero-order valence-electron chi connectivity index (χ0n) is 19.2. The standard InChI is InChI=1S/C25H44O5/c1-18(2)5-4-14-29-24-12-10-21(11-13-24)20-6-8-22(9-7-20)23(16-27)17-30-25(28)19(3)15-26/h18,20-24,26-27H,3-17H2,1-2H3. The lowest BCUT2D eigenvalue weighted by Gasteiger charge is -2.39. The largest absolute Gasteiger partial charge is 0.462 e. The molecule has 0 aromatic heterocycles. The van der Waals surface area contributed by atoms with Crippen LogP contribution in [0.3, 0.4) is 0 Å². The average molecular weight is 425 g/mol. The first-order valence-corrected chi connectivity index (χ1v) is 12.1. The third-order valence-corrected chi connectivity index (χ3v) is 7.29. The van der Waals surface area contributed by atoms with Crippen molar-refractivity contribution in [1.82, 2.24) is 0 Å². The smallest absolute Gasteiger partial charge is 0.335 e. The topological polar surface area (TPSA) is 76.0 Å². The number of hydrogen-bond donors (Lipinski definition) is 2. The second-order valence-electron chi connectivity index (χ2n) is 9.92. The van der Waals surface area contributed by atoms with E-state index in [1.54, 1.807) is 0 Å². The molecule has 0 heterocycles. The molecule has 5 heteroatoms. The molecule has 2 fully saturated rings. The third-order valence-electron chi connectivity index (χ3n) is 7.29. The van der Waals surface area contributed by atoms with Gasteiger partial charge in [-0.3, -0.25) is 0 Å². The number of hydrogen-bond acceptors (Lipinski definition) is 5. The molecule has 1 atom stereocenters. The van der Waals surface area contributed by atoms with Crippen molar-refractivity contribution in [2.45, 2.75) is 84.2 Å². The van der Waals surface area contributed by atoms with Gasteiger partial charge in [0.15, 0.2) is 0 Å². The van der Waals surface area contributed by atoms with Crippen LogP contribution in [-0.2, 0) is 14.3 Å². The summed E-state index contributed by atoms with van der Waals surface area (Å²) in [5.41, 5.74) is 0.0647. The SMILES string of the molecule is C=C(CO)C(=O)OCC(CO)C1CCC(C2CCC(OCCCC(C)C)CC2)CC1. The molecule has 0 spiro atoms. The van der Waals surface area contributed by atoms with E-state index in [9.17, 15) is 9.90 Å². The Kier molecular flexibility index (Phi) is 11.4. The van der Waals surface area contributed by atoms with Gasteiger partial charge in [0, 0.05) is 19.1 Å². The number of carbonyl (C=O) groups excluding carboxylic acids is 1. The summed E-state index contributed by atoms with van der Waals surface area (Å²) in [4.78, 5) is 11.7. The van der Waals surface area contributed by atoms with Gasteiger partial charge in [0.1, 0.15) is 0 Å². The monoisotopic (exact) mass is 424 g/mol. The zero-order valence-corrected chi connectivity index (χ0v) is 19.2. The fraction of sp³-hybridized carbons (Fsp3) is 0.880. The molecule has 1 unspecified atom stereocenters. The lowest BCUT2D eigenvalue weighted by molar-refractivity contribution is -0.142. The van der Waals surface area contributed by atoms with Crippen LogP contribution in [0, 0.1) is 29.6 Å². The molecule has 0 saturated heterocycles. The van der Waals surface area contributed by atoms with Crippen molar-refractivity contribution >= 4 is 5.97 Å². The van der Waals surface area contributed by atoms with Gasteiger partial charge in [-0.15, -0.1) is 0 Å². The van der Waals surface area contributed by atoms with Crippen molar-refractivity contribution < 1.29 is 24.5 Å². The second kappa shape index (κ2) is 13.5. The molecular weight excluding hydrogens is 380 g/mol. The normalized spacial score (nSPS) is 28.3. The Morgan fingerprint density at radius 1 is 1.00 bits per heavy atom. The number of esters is 1. The molecule has 2 saturated carbocycles. The molecule has 174 valence electrons. The summed E-state index contributed by atoms with van der Waals surface area (Å²) in [5.74, 6) is 2.20. The minimum atomic E-state index is -0.562. The van der Waals surface area contributed by atoms with Crippen LogP contribution in [0.2, 0.25) is 0 Å². The van der Waals surface area contributed by atoms with Crippen LogP contribution >= 0.6 is 0 Å². The van der Waals surface area contributed by atoms with Gasteiger partial charge in [0.25, 0.3) is 0 Å². The number of ether oxygens (including phenoxy) is 2. The van der Waals surface area contributed by atoms with Gasteiger partial charge in [-0.1, -0.05) is 20.4 Å². The molecule has 0 amide bonds. The van der Waals surface area contributed by atoms with Crippen LogP contribution in [0.4, 0.5) is 0 Å². The van der Waals surface area contributed by atoms with Crippen LogP contribution in [0.15, 0.2) is 12.2 Å². The van der Waals surface area contributed by atoms with E-state index >= 15 is 0 Å². The van der Waals surface area contributed by atoms with Crippen molar-refractivity contribution in [2.24, 2.45) is 29.6 Å². The Balaban J connectivity index is 1.65. The minimum Gasteiger partial charge on any atom is -0.462 e. The Morgan fingerprint density at radius 2 is 1.60 bits per heavy atom. The lowest BCUT2D eigenvalue weighted by Crippen LogP contribution is -2.32. The fourth-order valence-corrected chi connectivity index (χ4v) is 5.24. The molecule has 0 aliphatic heterocycles. The summed E-state index contributed by atoms with van der Waals surface area (Å²) in [6.45, 7) is 8.79. The van der Waals surface area contributed by atoms with Gasteiger partial charge in [-0.25, -0.2) is 4.79 Å². The molecule has 2 rings (SSSR count). The minimum absolute atomic E-state index is 0.0173. The van der Waals surface area contributed by atoms with Crippen molar-refractivity contribution in [3.05, 3.63) is 12.2 Å². The maximum atomic E-state index is 11.7. The van der Waals surface area contributed by atoms with Crippen LogP contribution in [-0.4, -0.2) is 48.7 Å². The van der Waals surface area contributed by atoms with Gasteiger partial charge >= 0.3 is 5.97 Å². The van der Waals surface area contributed by atoms with Gasteiger partial charge in [0.05, 0.1) is 24.9 Å². The highest BCUT2D eigenvalue weighted by Gasteiger charge is 2.33. The second-order valence-corrected chi connectivity index (χ2v) is 9.92. The number of carbonyl (C=O) groups is 1. The average Bonchev–Trinajstić information content (AvgIpc) is 2.77. The Hall–Kier alpha value is -0.910. The maximum Gasteiger partial charge on any atom is 0.335 e. The summed E-state index contributed by atoms with van der Waals surface area (Å²) in [6.07, 6.45) is 12.5. The van der Waals surface area contributed by atoms with Gasteiger partial charge in [-0.2, -0.15) is 0 Å². The highest BCUT2D eigenvalue weighted by atomic mass is 16.5. The van der Waals surface area contributed by atoms with Crippen molar-refractivity contribution in [3.63, 3.8) is 0 Å². The third kappa shape index (κ3) is 8.32. The first-order chi connectivity index (χ1) is 14.4. The van der Waals surface area contributed by atoms with Gasteiger partial charge < -0.3 is 19.7 Å². The predicted molar refractivity (Wildman–Crippen MR) is 119 cm³/mol. The van der Waals surface area contributed by atoms with Crippen molar-refractivity contribution in [2.75, 3.05) is 26.4 Å². The first kappa shape index (κ1) is 25.4. The lowest BCUT2D eigenvalue weighted by atomic mass is 9.68. The van der Waals surface area contributed by atoms with Crippen LogP contribution in [0.1, 0.15) is 78.1 Å². The van der Waals surface area contributed by atoms with Crippen molar-refractivity contribution in [3.8, 4) is 0 Å². The first-order valence-electron chi connectivity index (χ1n) is 12.1. The Morgan fingerprint density at radius 3 is 2.13 bits per heavy atom. The number of aliphatic hydroxyl groups excluding tert-OH is 2. The fourth-order valence-electron chi connectivity index (χ4n) is 5.24. The molecule has 30 heavy (non-hydrogen) atoms. The predicted octanol–water partition coefficient (Wildman–Crippen LogP) is 4.50. The molecule has 0 aromatic rings. The van der Waals surface area contributed by atoms with E-state index in [1.165, 1.54) is 51.4 Å². The summed E-state index contributed by atoms with van der Waals surface area (Å²) in [5, 5.41) is 18.7.